The third-order valence-electron chi connectivity index (χ3n) is 7.08. The number of benzene rings is 1. The van der Waals surface area contributed by atoms with Crippen LogP contribution in [-0.2, 0) is 11.2 Å². The van der Waals surface area contributed by atoms with Crippen molar-refractivity contribution in [1.82, 2.24) is 9.88 Å². The average Bonchev–Trinajstić information content (AvgIpc) is 3.36. The largest absolute Gasteiger partial charge is 0.497 e. The molecule has 0 amide bonds. The summed E-state index contributed by atoms with van der Waals surface area (Å²) >= 11 is 0. The monoisotopic (exact) mass is 466 g/mol. The van der Waals surface area contributed by atoms with E-state index in [1.165, 1.54) is 5.56 Å². The number of furan rings is 1. The van der Waals surface area contributed by atoms with Gasteiger partial charge in [0.05, 0.1) is 31.3 Å². The van der Waals surface area contributed by atoms with E-state index in [1.807, 2.05) is 30.3 Å². The molecule has 1 unspecified atom stereocenters. The summed E-state index contributed by atoms with van der Waals surface area (Å²) < 4.78 is 10.5. The molecule has 3 heterocycles. The fourth-order valence-electron chi connectivity index (χ4n) is 5.23. The summed E-state index contributed by atoms with van der Waals surface area (Å²) in [6, 6.07) is 9.54. The molecule has 1 saturated heterocycles. The summed E-state index contributed by atoms with van der Waals surface area (Å²) in [6.07, 6.45) is 9.11. The molecular weight excluding hydrogens is 432 g/mol. The summed E-state index contributed by atoms with van der Waals surface area (Å²) in [5, 5.41) is 21.4. The Labute approximate surface area is 200 Å². The van der Waals surface area contributed by atoms with Crippen molar-refractivity contribution in [3.8, 4) is 5.75 Å². The minimum Gasteiger partial charge on any atom is -0.497 e. The van der Waals surface area contributed by atoms with E-state index in [-0.39, 0.29) is 12.3 Å². The van der Waals surface area contributed by atoms with Gasteiger partial charge >= 0.3 is 5.97 Å². The molecule has 2 aromatic heterocycles. The molecule has 0 saturated carbocycles. The molecular formula is C27H34N2O5. The van der Waals surface area contributed by atoms with E-state index in [9.17, 15) is 15.0 Å². The SMILES string of the molecule is COc1ccc2nccc(C(O)CC[C@@H]3CCN(CCCc4ccoc4)C[C@@H]3CC(=O)O)c2c1. The van der Waals surface area contributed by atoms with Crippen molar-refractivity contribution in [3.05, 3.63) is 60.2 Å². The summed E-state index contributed by atoms with van der Waals surface area (Å²) in [7, 11) is 1.63. The molecule has 1 aliphatic rings. The number of ether oxygens (including phenoxy) is 1. The Morgan fingerprint density at radius 2 is 2.18 bits per heavy atom. The van der Waals surface area contributed by atoms with Crippen LogP contribution in [0.3, 0.4) is 0 Å². The van der Waals surface area contributed by atoms with Crippen LogP contribution in [0.1, 0.15) is 49.3 Å². The minimum atomic E-state index is -0.747. The van der Waals surface area contributed by atoms with Crippen LogP contribution in [0.4, 0.5) is 0 Å². The highest BCUT2D eigenvalue weighted by Crippen LogP contribution is 2.34. The van der Waals surface area contributed by atoms with Crippen LogP contribution >= 0.6 is 0 Å². The Bertz CT molecular complexity index is 1070. The van der Waals surface area contributed by atoms with Gasteiger partial charge in [0.15, 0.2) is 0 Å². The number of likely N-dealkylation sites (tertiary alicyclic amines) is 1. The van der Waals surface area contributed by atoms with E-state index >= 15 is 0 Å². The zero-order chi connectivity index (χ0) is 23.9. The molecule has 0 bridgehead atoms. The molecule has 34 heavy (non-hydrogen) atoms. The molecule has 7 nitrogen and oxygen atoms in total. The van der Waals surface area contributed by atoms with Crippen LogP contribution in [0, 0.1) is 11.8 Å². The van der Waals surface area contributed by atoms with E-state index in [4.69, 9.17) is 9.15 Å². The lowest BCUT2D eigenvalue weighted by Crippen LogP contribution is -2.42. The molecule has 0 radical (unpaired) electrons. The quantitative estimate of drug-likeness (QED) is 0.423. The highest BCUT2D eigenvalue weighted by atomic mass is 16.5. The number of aliphatic carboxylic acids is 1. The molecule has 7 heteroatoms. The number of carboxylic acids is 1. The number of carbonyl (C=O) groups is 1. The van der Waals surface area contributed by atoms with Crippen molar-refractivity contribution in [2.75, 3.05) is 26.7 Å². The number of methoxy groups -OCH3 is 1. The molecule has 4 rings (SSSR count). The summed E-state index contributed by atoms with van der Waals surface area (Å²) in [6.45, 7) is 2.73. The topological polar surface area (TPSA) is 96.0 Å². The zero-order valence-corrected chi connectivity index (χ0v) is 19.7. The number of aromatic nitrogens is 1. The van der Waals surface area contributed by atoms with Crippen molar-refractivity contribution in [2.24, 2.45) is 11.8 Å². The number of hydrogen-bond donors (Lipinski definition) is 2. The molecule has 0 spiro atoms. The third kappa shape index (κ3) is 6.15. The molecule has 3 aromatic rings. The smallest absolute Gasteiger partial charge is 0.303 e. The van der Waals surface area contributed by atoms with Gasteiger partial charge in [0.1, 0.15) is 5.75 Å². The van der Waals surface area contributed by atoms with Crippen molar-refractivity contribution in [2.45, 2.75) is 44.6 Å². The molecule has 3 atom stereocenters. The highest BCUT2D eigenvalue weighted by Gasteiger charge is 2.31. The Balaban J connectivity index is 1.35. The van der Waals surface area contributed by atoms with Crippen LogP contribution < -0.4 is 4.74 Å². The standard InChI is InChI=1S/C27H34N2O5/c1-33-22-5-6-25-24(16-22)23(8-11-28-25)26(30)7-4-20-9-13-29(17-21(20)15-27(31)32)12-2-3-19-10-14-34-18-19/h5-6,8,10-11,14,16,18,20-21,26,30H,2-4,7,9,12-13,15,17H2,1H3,(H,31,32)/t20-,21+,26?/m1/s1. The number of piperidine rings is 1. The van der Waals surface area contributed by atoms with Gasteiger partial charge in [0.25, 0.3) is 0 Å². The Hall–Kier alpha value is -2.90. The number of carboxylic acid groups (broad SMARTS) is 1. The maximum atomic E-state index is 11.6. The first-order valence-corrected chi connectivity index (χ1v) is 12.1. The maximum Gasteiger partial charge on any atom is 0.303 e. The fraction of sp³-hybridized carbons (Fsp3) is 0.481. The van der Waals surface area contributed by atoms with Crippen LogP contribution in [0.15, 0.2) is 53.5 Å². The average molecular weight is 467 g/mol. The number of aryl methyl sites for hydroxylation is 1. The van der Waals surface area contributed by atoms with Crippen LogP contribution in [-0.4, -0.2) is 52.8 Å². The molecule has 1 aliphatic heterocycles. The lowest BCUT2D eigenvalue weighted by Gasteiger charge is -2.38. The summed E-state index contributed by atoms with van der Waals surface area (Å²) in [5.74, 6) is 0.374. The number of rotatable bonds is 11. The Morgan fingerprint density at radius 3 is 2.94 bits per heavy atom. The van der Waals surface area contributed by atoms with Crippen molar-refractivity contribution < 1.29 is 24.2 Å². The zero-order valence-electron chi connectivity index (χ0n) is 19.7. The van der Waals surface area contributed by atoms with Gasteiger partial charge in [-0.15, -0.1) is 0 Å². The van der Waals surface area contributed by atoms with E-state index in [0.717, 1.165) is 67.5 Å². The van der Waals surface area contributed by atoms with Gasteiger partial charge in [0.2, 0.25) is 0 Å². The predicted octanol–water partition coefficient (Wildman–Crippen LogP) is 4.70. The van der Waals surface area contributed by atoms with E-state index in [0.29, 0.717) is 12.3 Å². The molecule has 1 aromatic carbocycles. The van der Waals surface area contributed by atoms with Gasteiger partial charge in [-0.3, -0.25) is 9.78 Å². The van der Waals surface area contributed by atoms with E-state index in [2.05, 4.69) is 9.88 Å². The Kier molecular flexibility index (Phi) is 8.19. The number of aliphatic hydroxyl groups is 1. The lowest BCUT2D eigenvalue weighted by atomic mass is 9.79. The fourth-order valence-corrected chi connectivity index (χ4v) is 5.23. The molecule has 2 N–H and O–H groups in total. The van der Waals surface area contributed by atoms with Crippen LogP contribution in [0.25, 0.3) is 10.9 Å². The molecule has 182 valence electrons. The van der Waals surface area contributed by atoms with Gasteiger partial charge in [-0.2, -0.15) is 0 Å². The van der Waals surface area contributed by atoms with Gasteiger partial charge < -0.3 is 24.3 Å². The number of aliphatic hydroxyl groups excluding tert-OH is 1. The second kappa shape index (κ2) is 11.5. The lowest BCUT2D eigenvalue weighted by molar-refractivity contribution is -0.139. The summed E-state index contributed by atoms with van der Waals surface area (Å²) in [5.41, 5.74) is 2.87. The minimum absolute atomic E-state index is 0.0988. The van der Waals surface area contributed by atoms with E-state index < -0.39 is 12.1 Å². The predicted molar refractivity (Wildman–Crippen MR) is 130 cm³/mol. The van der Waals surface area contributed by atoms with Crippen molar-refractivity contribution >= 4 is 16.9 Å². The normalized spacial score (nSPS) is 19.8. The second-order valence-electron chi connectivity index (χ2n) is 9.32. The maximum absolute atomic E-state index is 11.6. The number of nitrogens with zero attached hydrogens (tertiary/aromatic N) is 2. The second-order valence-corrected chi connectivity index (χ2v) is 9.32. The van der Waals surface area contributed by atoms with Crippen LogP contribution in [0.2, 0.25) is 0 Å². The van der Waals surface area contributed by atoms with Crippen molar-refractivity contribution in [1.29, 1.82) is 0 Å². The van der Waals surface area contributed by atoms with Gasteiger partial charge in [0, 0.05) is 24.5 Å². The number of fused-ring (bicyclic) bond motifs is 1. The summed E-state index contributed by atoms with van der Waals surface area (Å²) in [4.78, 5) is 18.4. The first-order valence-electron chi connectivity index (χ1n) is 12.1. The Morgan fingerprint density at radius 1 is 1.29 bits per heavy atom. The van der Waals surface area contributed by atoms with Gasteiger partial charge in [-0.25, -0.2) is 0 Å². The molecule has 1 fully saturated rings. The van der Waals surface area contributed by atoms with Crippen LogP contribution in [0.5, 0.6) is 5.75 Å². The first kappa shape index (κ1) is 24.2. The van der Waals surface area contributed by atoms with E-state index in [1.54, 1.807) is 25.8 Å². The third-order valence-corrected chi connectivity index (χ3v) is 7.08. The van der Waals surface area contributed by atoms with Gasteiger partial charge in [-0.1, -0.05) is 0 Å². The van der Waals surface area contributed by atoms with Crippen molar-refractivity contribution in [3.63, 3.8) is 0 Å². The highest BCUT2D eigenvalue weighted by molar-refractivity contribution is 5.83. The number of hydrogen-bond acceptors (Lipinski definition) is 6. The van der Waals surface area contributed by atoms with Gasteiger partial charge in [-0.05, 0) is 98.5 Å². The first-order chi connectivity index (χ1) is 16.5. The number of pyridine rings is 1. The molecule has 0 aliphatic carbocycles.